The first-order valence-corrected chi connectivity index (χ1v) is 22.9. The molecule has 0 unspecified atom stereocenters. The summed E-state index contributed by atoms with van der Waals surface area (Å²) in [6, 6.07) is 3.44. The molecule has 0 aromatic heterocycles. The second kappa shape index (κ2) is 18.6. The number of anilines is 9. The smallest absolute Gasteiger partial charge is 0.250 e. The average Bonchev–Trinajstić information content (AvgIpc) is 3.38. The van der Waals surface area contributed by atoms with Crippen molar-refractivity contribution in [1.29, 1.82) is 0 Å². The van der Waals surface area contributed by atoms with Crippen LogP contribution in [0, 0.1) is 41.5 Å². The Balaban J connectivity index is 1.65. The summed E-state index contributed by atoms with van der Waals surface area (Å²) in [5.41, 5.74) is 6.28. The highest BCUT2D eigenvalue weighted by molar-refractivity contribution is 7.04. The first kappa shape index (κ1) is 54.2. The minimum Gasteiger partial charge on any atom is -0.313 e. The van der Waals surface area contributed by atoms with E-state index in [0.717, 1.165) is 0 Å². The summed E-state index contributed by atoms with van der Waals surface area (Å²) >= 11 is 0. The fourth-order valence-electron chi connectivity index (χ4n) is 10.6. The minimum atomic E-state index is -1.00. The van der Waals surface area contributed by atoms with E-state index in [9.17, 15) is 0 Å². The quantitative estimate of drug-likeness (QED) is 0.159. The fourth-order valence-corrected chi connectivity index (χ4v) is 10.6. The van der Waals surface area contributed by atoms with E-state index >= 15 is 0 Å². The summed E-state index contributed by atoms with van der Waals surface area (Å²) in [7, 11) is 154. The summed E-state index contributed by atoms with van der Waals surface area (Å²) in [5, 5.41) is 0. The number of benzene rings is 7. The van der Waals surface area contributed by atoms with Crippen LogP contribution in [0.5, 0.6) is 0 Å². The van der Waals surface area contributed by atoms with Gasteiger partial charge in [0.1, 0.15) is 173 Å². The molecule has 0 bridgehead atoms. The summed E-state index contributed by atoms with van der Waals surface area (Å²) in [4.78, 5) is 4.85. The molecule has 9 rings (SSSR count). The third kappa shape index (κ3) is 7.19. The van der Waals surface area contributed by atoms with E-state index < -0.39 is 6.71 Å². The monoisotopic (exact) mass is 891 g/mol. The highest BCUT2D eigenvalue weighted by Crippen LogP contribution is 2.45. The molecule has 0 spiro atoms. The number of hydrogen-bond donors (Lipinski definition) is 0. The molecule has 0 saturated carbocycles. The van der Waals surface area contributed by atoms with Crippen LogP contribution in [0.25, 0.3) is 0 Å². The lowest BCUT2D eigenvalue weighted by Gasteiger charge is -2.50. The van der Waals surface area contributed by atoms with Gasteiger partial charge in [-0.05, 0) is 59.1 Å². The molecule has 2 heterocycles. The second-order valence-electron chi connectivity index (χ2n) is 19.1. The molecule has 0 saturated heterocycles. The highest BCUT2D eigenvalue weighted by atomic mass is 15.2. The lowest BCUT2D eigenvalue weighted by atomic mass is 9.29. The van der Waals surface area contributed by atoms with E-state index in [0.29, 0.717) is 49.8 Å². The highest BCUT2D eigenvalue weighted by Gasteiger charge is 2.48. The van der Waals surface area contributed by atoms with Gasteiger partial charge in [-0.25, -0.2) is 0 Å². The van der Waals surface area contributed by atoms with E-state index in [4.69, 9.17) is 173 Å². The van der Waals surface area contributed by atoms with Crippen LogP contribution < -0.4 is 151 Å². The lowest BCUT2D eigenvalue weighted by Crippen LogP contribution is -2.72. The molecule has 3 nitrogen and oxygen atoms in total. The van der Waals surface area contributed by atoms with Gasteiger partial charge in [0, 0.05) is 45.5 Å². The van der Waals surface area contributed by atoms with Gasteiger partial charge < -0.3 is 14.7 Å². The molecule has 296 valence electrons. The largest absolute Gasteiger partial charge is 0.313 e. The van der Waals surface area contributed by atoms with Crippen molar-refractivity contribution in [2.24, 2.45) is 0 Å². The SMILES string of the molecule is [B]c1c([B])c(N(c2cc3c4c(c2)N(c2c([B])c([B])c(C)c([B])c2[B])c2c([B])c([B])c(C)c([B])c2B4c2c([B])c(C)c([B])c([B])c2N3c2c([B])c([B])c(C)c([B])c2[B])c2c([B])c([B])c(C)c([B])c2[B])c([B])c([B])c1C. The molecular formula is C48H20B23N3. The zero-order chi connectivity index (χ0) is 54.8. The van der Waals surface area contributed by atoms with Gasteiger partial charge in [0.15, 0.2) is 0 Å². The van der Waals surface area contributed by atoms with Gasteiger partial charge in [0.25, 0.3) is 6.71 Å². The molecule has 0 N–H and O–H groups in total. The van der Waals surface area contributed by atoms with Crippen molar-refractivity contribution in [3.8, 4) is 0 Å². The Morgan fingerprint density at radius 3 is 0.743 bits per heavy atom. The van der Waals surface area contributed by atoms with Gasteiger partial charge in [0.05, 0.1) is 5.69 Å². The first-order valence-electron chi connectivity index (χ1n) is 22.9. The van der Waals surface area contributed by atoms with E-state index in [1.807, 2.05) is 0 Å². The maximum absolute atomic E-state index is 7.34. The third-order valence-corrected chi connectivity index (χ3v) is 15.5. The molecule has 7 aromatic carbocycles. The van der Waals surface area contributed by atoms with Crippen LogP contribution in [0.15, 0.2) is 12.1 Å². The number of fused-ring (bicyclic) bond motifs is 4. The topological polar surface area (TPSA) is 9.72 Å². The van der Waals surface area contributed by atoms with Crippen molar-refractivity contribution in [1.82, 2.24) is 0 Å². The predicted octanol–water partition coefficient (Wildman–Crippen LogP) is -15.4. The molecule has 2 aliphatic heterocycles. The summed E-state index contributed by atoms with van der Waals surface area (Å²) in [6.45, 7) is 9.15. The standard InChI is InChI=1S/C48H20B23N3/c1-9-18(49)30(61)43(31(62)19(9)50)72(44-32(63)20(51)10(2)21(52)33(44)64)15-7-16-40-17(8-15)74(46-36(67)24(55)12(4)25(56)37(46)68)48-39(70)27(58)14(6)29(60)42(48)71(40)41-28(59)13(5)26(57)38(69)47(41)73(16)45-34(65)22(53)11(3)23(54)35(45)66/h7-8H,1-6H3. The molecule has 0 fully saturated rings. The van der Waals surface area contributed by atoms with Crippen LogP contribution in [-0.4, -0.2) is 179 Å². The second-order valence-corrected chi connectivity index (χ2v) is 19.1. The maximum atomic E-state index is 7.34. The number of hydrogen-bond acceptors (Lipinski definition) is 3. The van der Waals surface area contributed by atoms with Gasteiger partial charge in [-0.15, -0.1) is 0 Å². The van der Waals surface area contributed by atoms with E-state index in [1.165, 1.54) is 4.90 Å². The maximum Gasteiger partial charge on any atom is 0.250 e. The van der Waals surface area contributed by atoms with Crippen LogP contribution in [0.1, 0.15) is 33.4 Å². The third-order valence-electron chi connectivity index (χ3n) is 15.5. The van der Waals surface area contributed by atoms with Gasteiger partial charge in [-0.1, -0.05) is 164 Å². The first-order chi connectivity index (χ1) is 34.5. The molecule has 0 amide bonds. The molecule has 44 radical (unpaired) electrons. The molecule has 26 heteroatoms. The molecular weight excluding hydrogens is 867 g/mol. The Bertz CT molecular complexity index is 3410. The van der Waals surface area contributed by atoms with Crippen LogP contribution >= 0.6 is 0 Å². The molecule has 7 aromatic rings. The molecule has 0 atom stereocenters. The summed E-state index contributed by atoms with van der Waals surface area (Å²) < 4.78 is 0. The van der Waals surface area contributed by atoms with Crippen molar-refractivity contribution >= 4 is 367 Å². The van der Waals surface area contributed by atoms with Crippen molar-refractivity contribution in [3.63, 3.8) is 0 Å². The zero-order valence-corrected chi connectivity index (χ0v) is 41.8. The van der Waals surface area contributed by atoms with Crippen molar-refractivity contribution < 1.29 is 0 Å². The number of rotatable bonds is 5. The van der Waals surface area contributed by atoms with Crippen LogP contribution in [0.4, 0.5) is 51.2 Å². The number of nitrogens with zero attached hydrogens (tertiary/aromatic N) is 3. The Hall–Kier alpha value is -4.57. The Morgan fingerprint density at radius 2 is 0.486 bits per heavy atom. The van der Waals surface area contributed by atoms with Gasteiger partial charge in [-0.2, -0.15) is 0 Å². The summed E-state index contributed by atoms with van der Waals surface area (Å²) in [5.74, 6) is 0. The molecule has 74 heavy (non-hydrogen) atoms. The summed E-state index contributed by atoms with van der Waals surface area (Å²) in [6.07, 6.45) is 0. The Morgan fingerprint density at radius 1 is 0.270 bits per heavy atom. The van der Waals surface area contributed by atoms with E-state index in [-0.39, 0.29) is 171 Å². The Kier molecular flexibility index (Phi) is 13.6. The van der Waals surface area contributed by atoms with Crippen molar-refractivity contribution in [3.05, 3.63) is 45.5 Å². The fraction of sp³-hybridized carbons (Fsp3) is 0.125. The van der Waals surface area contributed by atoms with Gasteiger partial charge in [0.2, 0.25) is 0 Å². The van der Waals surface area contributed by atoms with E-state index in [1.54, 1.807) is 63.5 Å². The predicted molar refractivity (Wildman–Crippen MR) is 342 cm³/mol. The normalized spacial score (nSPS) is 12.5. The zero-order valence-electron chi connectivity index (χ0n) is 41.8. The van der Waals surface area contributed by atoms with E-state index in [2.05, 4.69) is 0 Å². The lowest BCUT2D eigenvalue weighted by molar-refractivity contribution is 1.26. The van der Waals surface area contributed by atoms with Gasteiger partial charge in [-0.3, -0.25) is 0 Å². The van der Waals surface area contributed by atoms with Crippen LogP contribution in [0.2, 0.25) is 0 Å². The van der Waals surface area contributed by atoms with Crippen LogP contribution in [0.3, 0.4) is 0 Å². The van der Waals surface area contributed by atoms with Crippen molar-refractivity contribution in [2.45, 2.75) is 41.5 Å². The molecule has 0 aliphatic carbocycles. The average molecular weight is 887 g/mol. The van der Waals surface area contributed by atoms with Gasteiger partial charge >= 0.3 is 0 Å². The van der Waals surface area contributed by atoms with Crippen molar-refractivity contribution in [2.75, 3.05) is 14.7 Å². The Labute approximate surface area is 465 Å². The van der Waals surface area contributed by atoms with Crippen LogP contribution in [-0.2, 0) is 0 Å². The minimum absolute atomic E-state index is 0.000110. The molecule has 2 aliphatic rings.